The molecule has 0 saturated heterocycles. The van der Waals surface area contributed by atoms with E-state index in [1.807, 2.05) is 50.2 Å². The SMILES string of the molecule is CCCNC(=O)c1ccc(-c2nnc(-c3cccc(C)c3)o2)cc1. The lowest BCUT2D eigenvalue weighted by Crippen LogP contribution is -2.23. The van der Waals surface area contributed by atoms with Gasteiger partial charge in [0.25, 0.3) is 5.91 Å². The highest BCUT2D eigenvalue weighted by Gasteiger charge is 2.11. The van der Waals surface area contributed by atoms with Crippen LogP contribution in [0, 0.1) is 6.92 Å². The topological polar surface area (TPSA) is 68.0 Å². The molecule has 1 aromatic heterocycles. The standard InChI is InChI=1S/C19H19N3O2/c1-3-11-20-17(23)14-7-9-15(10-8-14)18-21-22-19(24-18)16-6-4-5-13(2)12-16/h4-10,12H,3,11H2,1-2H3,(H,20,23). The molecule has 24 heavy (non-hydrogen) atoms. The van der Waals surface area contributed by atoms with E-state index in [0.717, 1.165) is 23.1 Å². The van der Waals surface area contributed by atoms with Crippen LogP contribution < -0.4 is 5.32 Å². The minimum absolute atomic E-state index is 0.0746. The largest absolute Gasteiger partial charge is 0.416 e. The summed E-state index contributed by atoms with van der Waals surface area (Å²) in [6, 6.07) is 15.1. The summed E-state index contributed by atoms with van der Waals surface area (Å²) in [5, 5.41) is 11.1. The number of nitrogens with zero attached hydrogens (tertiary/aromatic N) is 2. The first-order valence-corrected chi connectivity index (χ1v) is 7.96. The molecule has 0 bridgehead atoms. The van der Waals surface area contributed by atoms with Crippen LogP contribution in [-0.2, 0) is 0 Å². The molecule has 0 aliphatic heterocycles. The van der Waals surface area contributed by atoms with Crippen molar-refractivity contribution in [3.63, 3.8) is 0 Å². The number of hydrogen-bond donors (Lipinski definition) is 1. The quantitative estimate of drug-likeness (QED) is 0.775. The summed E-state index contributed by atoms with van der Waals surface area (Å²) in [4.78, 5) is 11.9. The first-order valence-electron chi connectivity index (χ1n) is 7.96. The molecule has 0 spiro atoms. The Bertz CT molecular complexity index is 838. The van der Waals surface area contributed by atoms with Gasteiger partial charge in [-0.05, 0) is 49.7 Å². The summed E-state index contributed by atoms with van der Waals surface area (Å²) in [6.07, 6.45) is 0.910. The van der Waals surface area contributed by atoms with Gasteiger partial charge in [-0.1, -0.05) is 24.6 Å². The zero-order valence-electron chi connectivity index (χ0n) is 13.7. The molecule has 3 aromatic rings. The molecule has 0 saturated carbocycles. The second kappa shape index (κ2) is 7.08. The lowest BCUT2D eigenvalue weighted by atomic mass is 10.1. The van der Waals surface area contributed by atoms with E-state index in [1.165, 1.54) is 0 Å². The van der Waals surface area contributed by atoms with Gasteiger partial charge in [0.1, 0.15) is 0 Å². The third kappa shape index (κ3) is 3.51. The smallest absolute Gasteiger partial charge is 0.251 e. The highest BCUT2D eigenvalue weighted by Crippen LogP contribution is 2.24. The molecule has 0 aliphatic carbocycles. The minimum atomic E-state index is -0.0746. The number of nitrogens with one attached hydrogen (secondary N) is 1. The molecule has 3 rings (SSSR count). The number of aromatic nitrogens is 2. The average molecular weight is 321 g/mol. The van der Waals surface area contributed by atoms with Crippen LogP contribution in [0.5, 0.6) is 0 Å². The van der Waals surface area contributed by atoms with Crippen LogP contribution in [0.1, 0.15) is 29.3 Å². The molecule has 1 heterocycles. The predicted octanol–water partition coefficient (Wildman–Crippen LogP) is 3.85. The Morgan fingerprint density at radius 1 is 1.04 bits per heavy atom. The molecule has 5 nitrogen and oxygen atoms in total. The number of carbonyl (C=O) groups excluding carboxylic acids is 1. The zero-order chi connectivity index (χ0) is 16.9. The molecule has 0 aliphatic rings. The van der Waals surface area contributed by atoms with Gasteiger partial charge in [-0.2, -0.15) is 0 Å². The summed E-state index contributed by atoms with van der Waals surface area (Å²) in [5.41, 5.74) is 3.43. The Morgan fingerprint density at radius 2 is 1.75 bits per heavy atom. The van der Waals surface area contributed by atoms with Gasteiger partial charge in [0.2, 0.25) is 11.8 Å². The average Bonchev–Trinajstić information content (AvgIpc) is 3.10. The maximum atomic E-state index is 11.9. The summed E-state index contributed by atoms with van der Waals surface area (Å²) in [5.74, 6) is 0.847. The maximum absolute atomic E-state index is 11.9. The van der Waals surface area contributed by atoms with Crippen molar-refractivity contribution in [1.82, 2.24) is 15.5 Å². The van der Waals surface area contributed by atoms with Gasteiger partial charge in [0, 0.05) is 23.2 Å². The third-order valence-corrected chi connectivity index (χ3v) is 3.62. The normalized spacial score (nSPS) is 10.6. The monoisotopic (exact) mass is 321 g/mol. The van der Waals surface area contributed by atoms with Gasteiger partial charge in [-0.25, -0.2) is 0 Å². The Hall–Kier alpha value is -2.95. The number of hydrogen-bond acceptors (Lipinski definition) is 4. The molecule has 2 aromatic carbocycles. The van der Waals surface area contributed by atoms with E-state index in [-0.39, 0.29) is 5.91 Å². The van der Waals surface area contributed by atoms with Gasteiger partial charge >= 0.3 is 0 Å². The number of aryl methyl sites for hydroxylation is 1. The van der Waals surface area contributed by atoms with Crippen LogP contribution in [0.15, 0.2) is 52.9 Å². The fourth-order valence-corrected chi connectivity index (χ4v) is 2.34. The van der Waals surface area contributed by atoms with Crippen molar-refractivity contribution in [3.8, 4) is 22.9 Å². The van der Waals surface area contributed by atoms with Crippen molar-refractivity contribution < 1.29 is 9.21 Å². The molecular weight excluding hydrogens is 302 g/mol. The molecule has 0 unspecified atom stereocenters. The van der Waals surface area contributed by atoms with Gasteiger partial charge in [0.05, 0.1) is 0 Å². The van der Waals surface area contributed by atoms with E-state index >= 15 is 0 Å². The van der Waals surface area contributed by atoms with E-state index in [4.69, 9.17) is 4.42 Å². The lowest BCUT2D eigenvalue weighted by Gasteiger charge is -2.03. The second-order valence-corrected chi connectivity index (χ2v) is 5.62. The number of rotatable bonds is 5. The Kier molecular flexibility index (Phi) is 4.70. The Labute approximate surface area is 140 Å². The van der Waals surface area contributed by atoms with Gasteiger partial charge in [0.15, 0.2) is 0 Å². The Balaban J connectivity index is 1.79. The van der Waals surface area contributed by atoms with Crippen LogP contribution in [0.3, 0.4) is 0 Å². The highest BCUT2D eigenvalue weighted by atomic mass is 16.4. The van der Waals surface area contributed by atoms with E-state index in [9.17, 15) is 4.79 Å². The molecule has 5 heteroatoms. The summed E-state index contributed by atoms with van der Waals surface area (Å²) < 4.78 is 5.75. The Morgan fingerprint density at radius 3 is 2.42 bits per heavy atom. The van der Waals surface area contributed by atoms with Gasteiger partial charge < -0.3 is 9.73 Å². The summed E-state index contributed by atoms with van der Waals surface area (Å²) >= 11 is 0. The van der Waals surface area contributed by atoms with Crippen LogP contribution in [0.4, 0.5) is 0 Å². The third-order valence-electron chi connectivity index (χ3n) is 3.62. The fourth-order valence-electron chi connectivity index (χ4n) is 2.34. The van der Waals surface area contributed by atoms with Crippen LogP contribution >= 0.6 is 0 Å². The van der Waals surface area contributed by atoms with Crippen LogP contribution in [-0.4, -0.2) is 22.6 Å². The molecule has 1 amide bonds. The second-order valence-electron chi connectivity index (χ2n) is 5.62. The van der Waals surface area contributed by atoms with E-state index in [0.29, 0.717) is 23.9 Å². The first kappa shape index (κ1) is 15.9. The molecule has 0 radical (unpaired) electrons. The highest BCUT2D eigenvalue weighted by molar-refractivity contribution is 5.94. The summed E-state index contributed by atoms with van der Waals surface area (Å²) in [6.45, 7) is 4.71. The molecular formula is C19H19N3O2. The fraction of sp³-hybridized carbons (Fsp3) is 0.211. The van der Waals surface area contributed by atoms with E-state index in [2.05, 4.69) is 15.5 Å². The molecule has 1 N–H and O–H groups in total. The van der Waals surface area contributed by atoms with Crippen LogP contribution in [0.25, 0.3) is 22.9 Å². The first-order chi connectivity index (χ1) is 11.7. The van der Waals surface area contributed by atoms with Crippen molar-refractivity contribution in [2.45, 2.75) is 20.3 Å². The minimum Gasteiger partial charge on any atom is -0.416 e. The maximum Gasteiger partial charge on any atom is 0.251 e. The van der Waals surface area contributed by atoms with Gasteiger partial charge in [-0.15, -0.1) is 10.2 Å². The van der Waals surface area contributed by atoms with Crippen molar-refractivity contribution in [2.24, 2.45) is 0 Å². The lowest BCUT2D eigenvalue weighted by molar-refractivity contribution is 0.0953. The number of benzene rings is 2. The number of carbonyl (C=O) groups is 1. The van der Waals surface area contributed by atoms with Crippen molar-refractivity contribution in [1.29, 1.82) is 0 Å². The zero-order valence-corrected chi connectivity index (χ0v) is 13.7. The van der Waals surface area contributed by atoms with Crippen molar-refractivity contribution in [3.05, 3.63) is 59.7 Å². The van der Waals surface area contributed by atoms with Crippen LogP contribution in [0.2, 0.25) is 0 Å². The van der Waals surface area contributed by atoms with E-state index in [1.54, 1.807) is 12.1 Å². The molecule has 0 fully saturated rings. The van der Waals surface area contributed by atoms with Crippen molar-refractivity contribution >= 4 is 5.91 Å². The molecule has 122 valence electrons. The van der Waals surface area contributed by atoms with Gasteiger partial charge in [-0.3, -0.25) is 4.79 Å². The van der Waals surface area contributed by atoms with Crippen molar-refractivity contribution in [2.75, 3.05) is 6.54 Å². The summed E-state index contributed by atoms with van der Waals surface area (Å²) in [7, 11) is 0. The van der Waals surface area contributed by atoms with E-state index < -0.39 is 0 Å². The predicted molar refractivity (Wildman–Crippen MR) is 92.5 cm³/mol. The molecule has 0 atom stereocenters. The number of amides is 1.